The Morgan fingerprint density at radius 3 is 2.65 bits per heavy atom. The lowest BCUT2D eigenvalue weighted by Crippen LogP contribution is -2.01. The highest BCUT2D eigenvalue weighted by Gasteiger charge is 2.06. The monoisotopic (exact) mass is 232 g/mol. The molecule has 1 rings (SSSR count). The first-order chi connectivity index (χ1) is 8.13. The van der Waals surface area contributed by atoms with E-state index < -0.39 is 0 Å². The summed E-state index contributed by atoms with van der Waals surface area (Å²) in [6.07, 6.45) is 5.08. The Morgan fingerprint density at radius 1 is 1.24 bits per heavy atom. The number of carbonyl (C=O) groups is 1. The highest BCUT2D eigenvalue weighted by Crippen LogP contribution is 2.13. The van der Waals surface area contributed by atoms with E-state index in [1.165, 1.54) is 12.0 Å². The minimum Gasteiger partial charge on any atom is -0.294 e. The summed E-state index contributed by atoms with van der Waals surface area (Å²) in [5, 5.41) is 0. The van der Waals surface area contributed by atoms with Crippen LogP contribution >= 0.6 is 0 Å². The summed E-state index contributed by atoms with van der Waals surface area (Å²) in [7, 11) is 0. The van der Waals surface area contributed by atoms with Crippen molar-refractivity contribution in [3.63, 3.8) is 0 Å². The molecule has 0 bridgehead atoms. The number of Topliss-reactive ketones (excluding diaryl/α,β-unsaturated/α-hetero) is 1. The average Bonchev–Trinajstić information content (AvgIpc) is 2.28. The third kappa shape index (κ3) is 5.16. The van der Waals surface area contributed by atoms with Crippen molar-refractivity contribution in [3.8, 4) is 0 Å². The number of hydrogen-bond donors (Lipinski definition) is 0. The Labute approximate surface area is 105 Å². The highest BCUT2D eigenvalue weighted by molar-refractivity contribution is 5.96. The van der Waals surface area contributed by atoms with Crippen LogP contribution in [0.2, 0.25) is 0 Å². The van der Waals surface area contributed by atoms with Crippen molar-refractivity contribution in [1.82, 2.24) is 0 Å². The standard InChI is InChI=1S/C16H24O/c1-4-5-6-10-16(17)15-9-7-8-14(12-15)11-13(2)3/h7-9,12-13H,4-6,10-11H2,1-3H3. The van der Waals surface area contributed by atoms with Gasteiger partial charge in [0.15, 0.2) is 5.78 Å². The van der Waals surface area contributed by atoms with Crippen molar-refractivity contribution < 1.29 is 4.79 Å². The Kier molecular flexibility index (Phi) is 5.96. The summed E-state index contributed by atoms with van der Waals surface area (Å²) in [5.74, 6) is 0.935. The van der Waals surface area contributed by atoms with Gasteiger partial charge < -0.3 is 0 Å². The van der Waals surface area contributed by atoms with Gasteiger partial charge in [0.25, 0.3) is 0 Å². The van der Waals surface area contributed by atoms with Gasteiger partial charge in [-0.05, 0) is 30.4 Å². The number of rotatable bonds is 7. The van der Waals surface area contributed by atoms with Gasteiger partial charge in [0.2, 0.25) is 0 Å². The second-order valence-electron chi connectivity index (χ2n) is 5.18. The second-order valence-corrected chi connectivity index (χ2v) is 5.18. The highest BCUT2D eigenvalue weighted by atomic mass is 16.1. The van der Waals surface area contributed by atoms with Gasteiger partial charge in [0, 0.05) is 12.0 Å². The topological polar surface area (TPSA) is 17.1 Å². The molecule has 1 aromatic rings. The SMILES string of the molecule is CCCCCC(=O)c1cccc(CC(C)C)c1. The number of benzene rings is 1. The van der Waals surface area contributed by atoms with Crippen molar-refractivity contribution in [3.05, 3.63) is 35.4 Å². The molecule has 0 aliphatic heterocycles. The average molecular weight is 232 g/mol. The van der Waals surface area contributed by atoms with Gasteiger partial charge in [-0.2, -0.15) is 0 Å². The van der Waals surface area contributed by atoms with Crippen LogP contribution in [0, 0.1) is 5.92 Å². The van der Waals surface area contributed by atoms with Gasteiger partial charge in [-0.25, -0.2) is 0 Å². The van der Waals surface area contributed by atoms with Crippen LogP contribution in [0.4, 0.5) is 0 Å². The zero-order valence-corrected chi connectivity index (χ0v) is 11.3. The first-order valence-electron chi connectivity index (χ1n) is 6.75. The Morgan fingerprint density at radius 2 is 2.00 bits per heavy atom. The molecule has 0 aromatic heterocycles. The first-order valence-corrected chi connectivity index (χ1v) is 6.75. The zero-order valence-electron chi connectivity index (χ0n) is 11.3. The Hall–Kier alpha value is -1.11. The van der Waals surface area contributed by atoms with Crippen LogP contribution in [0.1, 0.15) is 62.4 Å². The van der Waals surface area contributed by atoms with Crippen LogP contribution in [-0.4, -0.2) is 5.78 Å². The molecule has 94 valence electrons. The summed E-state index contributed by atoms with van der Waals surface area (Å²) in [6, 6.07) is 8.12. The molecule has 0 saturated carbocycles. The molecule has 0 unspecified atom stereocenters. The number of unbranched alkanes of at least 4 members (excludes halogenated alkanes) is 2. The molecule has 0 fully saturated rings. The van der Waals surface area contributed by atoms with Crippen LogP contribution in [0.3, 0.4) is 0 Å². The van der Waals surface area contributed by atoms with E-state index in [-0.39, 0.29) is 0 Å². The summed E-state index contributed by atoms with van der Waals surface area (Å²) in [6.45, 7) is 6.57. The summed E-state index contributed by atoms with van der Waals surface area (Å²) < 4.78 is 0. The first kappa shape index (κ1) is 14.0. The van der Waals surface area contributed by atoms with Crippen LogP contribution in [0.5, 0.6) is 0 Å². The molecule has 0 amide bonds. The molecule has 0 radical (unpaired) electrons. The van der Waals surface area contributed by atoms with E-state index in [0.717, 1.165) is 24.8 Å². The molecule has 1 heteroatoms. The van der Waals surface area contributed by atoms with Crippen LogP contribution in [-0.2, 0) is 6.42 Å². The van der Waals surface area contributed by atoms with Gasteiger partial charge in [-0.3, -0.25) is 4.79 Å². The fourth-order valence-corrected chi connectivity index (χ4v) is 2.02. The van der Waals surface area contributed by atoms with Crippen molar-refractivity contribution in [1.29, 1.82) is 0 Å². The van der Waals surface area contributed by atoms with Crippen molar-refractivity contribution in [2.45, 2.75) is 52.9 Å². The number of hydrogen-bond acceptors (Lipinski definition) is 1. The molecule has 17 heavy (non-hydrogen) atoms. The van der Waals surface area contributed by atoms with Crippen LogP contribution in [0.25, 0.3) is 0 Å². The van der Waals surface area contributed by atoms with E-state index in [0.29, 0.717) is 18.1 Å². The molecule has 1 nitrogen and oxygen atoms in total. The molecule has 0 heterocycles. The van der Waals surface area contributed by atoms with E-state index in [1.54, 1.807) is 0 Å². The van der Waals surface area contributed by atoms with Gasteiger partial charge in [0.05, 0.1) is 0 Å². The van der Waals surface area contributed by atoms with Gasteiger partial charge >= 0.3 is 0 Å². The zero-order chi connectivity index (χ0) is 12.7. The smallest absolute Gasteiger partial charge is 0.162 e. The Balaban J connectivity index is 2.60. The molecule has 0 aliphatic rings. The van der Waals surface area contributed by atoms with E-state index in [1.807, 2.05) is 12.1 Å². The van der Waals surface area contributed by atoms with Crippen molar-refractivity contribution >= 4 is 5.78 Å². The third-order valence-corrected chi connectivity index (χ3v) is 2.90. The number of ketones is 1. The van der Waals surface area contributed by atoms with E-state index in [4.69, 9.17) is 0 Å². The lowest BCUT2D eigenvalue weighted by molar-refractivity contribution is 0.0979. The van der Waals surface area contributed by atoms with E-state index in [2.05, 4.69) is 32.9 Å². The molecule has 0 saturated heterocycles. The fraction of sp³-hybridized carbons (Fsp3) is 0.562. The lowest BCUT2D eigenvalue weighted by Gasteiger charge is -2.07. The van der Waals surface area contributed by atoms with E-state index >= 15 is 0 Å². The number of carbonyl (C=O) groups excluding carboxylic acids is 1. The third-order valence-electron chi connectivity index (χ3n) is 2.90. The largest absolute Gasteiger partial charge is 0.294 e. The van der Waals surface area contributed by atoms with Crippen molar-refractivity contribution in [2.75, 3.05) is 0 Å². The molecule has 1 aromatic carbocycles. The summed E-state index contributed by atoms with van der Waals surface area (Å²) >= 11 is 0. The van der Waals surface area contributed by atoms with Crippen LogP contribution < -0.4 is 0 Å². The maximum Gasteiger partial charge on any atom is 0.162 e. The van der Waals surface area contributed by atoms with Gasteiger partial charge in [0.1, 0.15) is 0 Å². The minimum atomic E-state index is 0.295. The molecule has 0 aliphatic carbocycles. The maximum atomic E-state index is 12.0. The molecular weight excluding hydrogens is 208 g/mol. The second kappa shape index (κ2) is 7.26. The lowest BCUT2D eigenvalue weighted by atomic mass is 9.98. The molecule has 0 N–H and O–H groups in total. The normalized spacial score (nSPS) is 10.8. The maximum absolute atomic E-state index is 12.0. The van der Waals surface area contributed by atoms with Crippen LogP contribution in [0.15, 0.2) is 24.3 Å². The minimum absolute atomic E-state index is 0.295. The summed E-state index contributed by atoms with van der Waals surface area (Å²) in [4.78, 5) is 12.0. The van der Waals surface area contributed by atoms with Crippen molar-refractivity contribution in [2.24, 2.45) is 5.92 Å². The molecular formula is C16H24O. The predicted octanol–water partition coefficient (Wildman–Crippen LogP) is 4.65. The quantitative estimate of drug-likeness (QED) is 0.494. The van der Waals surface area contributed by atoms with Gasteiger partial charge in [-0.1, -0.05) is 51.8 Å². The van der Waals surface area contributed by atoms with E-state index in [9.17, 15) is 4.79 Å². The molecule has 0 atom stereocenters. The molecule has 0 spiro atoms. The fourth-order valence-electron chi connectivity index (χ4n) is 2.02. The summed E-state index contributed by atoms with van der Waals surface area (Å²) in [5.41, 5.74) is 2.17. The van der Waals surface area contributed by atoms with Gasteiger partial charge in [-0.15, -0.1) is 0 Å². The Bertz CT molecular complexity index is 352. The predicted molar refractivity (Wildman–Crippen MR) is 73.5 cm³/mol.